The van der Waals surface area contributed by atoms with E-state index < -0.39 is 13.9 Å². The van der Waals surface area contributed by atoms with E-state index in [1.165, 1.54) is 0 Å². The summed E-state index contributed by atoms with van der Waals surface area (Å²) >= 11 is 2.24. The van der Waals surface area contributed by atoms with Gasteiger partial charge in [-0.15, -0.1) is 0 Å². The zero-order chi connectivity index (χ0) is 17.9. The molecular formula is C17H24INO4Si. The number of likely N-dealkylation sites (N-methyl/N-ethyl adjacent to an activating group) is 1. The van der Waals surface area contributed by atoms with Gasteiger partial charge in [-0.2, -0.15) is 0 Å². The van der Waals surface area contributed by atoms with Crippen LogP contribution in [0.3, 0.4) is 0 Å². The molecule has 132 valence electrons. The molecule has 1 fully saturated rings. The molecule has 0 bridgehead atoms. The minimum absolute atomic E-state index is 0.0162. The molecule has 0 saturated carbocycles. The number of nitrogens with zero attached hydrogens (tertiary/aromatic N) is 1. The smallest absolute Gasteiger partial charge is 0.264 e. The van der Waals surface area contributed by atoms with Crippen LogP contribution in [0, 0.1) is 9.49 Å². The first kappa shape index (κ1) is 18.3. The van der Waals surface area contributed by atoms with Crippen LogP contribution in [0.5, 0.6) is 0 Å². The molecule has 0 aliphatic carbocycles. The van der Waals surface area contributed by atoms with Gasteiger partial charge in [-0.3, -0.25) is 4.79 Å². The molecule has 1 amide bonds. The second kappa shape index (κ2) is 6.05. The third-order valence-electron chi connectivity index (χ3n) is 5.49. The number of benzene rings is 1. The molecule has 0 radical (unpaired) electrons. The molecule has 0 aromatic heterocycles. The van der Waals surface area contributed by atoms with Gasteiger partial charge in [0.1, 0.15) is 0 Å². The minimum atomic E-state index is -2.58. The molecule has 2 N–H and O–H groups in total. The fraction of sp³-hybridized carbons (Fsp3) is 0.588. The molecule has 4 atom stereocenters. The van der Waals surface area contributed by atoms with E-state index in [0.29, 0.717) is 6.42 Å². The summed E-state index contributed by atoms with van der Waals surface area (Å²) in [6.07, 6.45) is 0.127. The average Bonchev–Trinajstić information content (AvgIpc) is 2.88. The maximum Gasteiger partial charge on any atom is 0.264 e. The molecule has 3 rings (SSSR count). The molecule has 7 heteroatoms. The van der Waals surface area contributed by atoms with E-state index in [-0.39, 0.29) is 30.1 Å². The predicted molar refractivity (Wildman–Crippen MR) is 103 cm³/mol. The molecule has 2 aliphatic heterocycles. The number of carbonyl (C=O) groups is 1. The van der Waals surface area contributed by atoms with Crippen LogP contribution in [0.4, 0.5) is 5.69 Å². The number of aliphatic hydroxyl groups excluding tert-OH is 1. The van der Waals surface area contributed by atoms with Gasteiger partial charge in [0.2, 0.25) is 0 Å². The van der Waals surface area contributed by atoms with Crippen LogP contribution in [0.2, 0.25) is 18.6 Å². The van der Waals surface area contributed by atoms with Crippen LogP contribution in [-0.2, 0) is 15.1 Å². The maximum atomic E-state index is 13.2. The summed E-state index contributed by atoms with van der Waals surface area (Å²) in [6, 6.07) is 5.95. The number of fused-ring (bicyclic) bond motifs is 2. The van der Waals surface area contributed by atoms with Gasteiger partial charge in [0.25, 0.3) is 5.91 Å². The number of rotatable bonds is 3. The number of aliphatic hydroxyl groups is 1. The van der Waals surface area contributed by atoms with E-state index in [1.54, 1.807) is 11.9 Å². The first-order valence-electron chi connectivity index (χ1n) is 8.23. The van der Waals surface area contributed by atoms with Crippen molar-refractivity contribution in [2.45, 2.75) is 43.7 Å². The lowest BCUT2D eigenvalue weighted by Crippen LogP contribution is -2.45. The Morgan fingerprint density at radius 2 is 2.08 bits per heavy atom. The van der Waals surface area contributed by atoms with E-state index in [4.69, 9.17) is 4.74 Å². The number of ether oxygens (including phenoxy) is 1. The molecule has 1 aromatic rings. The number of carbonyl (C=O) groups excluding carboxylic acids is 1. The summed E-state index contributed by atoms with van der Waals surface area (Å²) in [5, 5.41) is 9.44. The van der Waals surface area contributed by atoms with Gasteiger partial charge in [0, 0.05) is 34.2 Å². The summed E-state index contributed by atoms with van der Waals surface area (Å²) in [7, 11) is -0.804. The number of anilines is 1. The Labute approximate surface area is 157 Å². The number of hydrogen-bond donors (Lipinski definition) is 2. The Morgan fingerprint density at radius 3 is 2.67 bits per heavy atom. The lowest BCUT2D eigenvalue weighted by Gasteiger charge is -2.32. The van der Waals surface area contributed by atoms with Gasteiger partial charge < -0.3 is 19.5 Å². The lowest BCUT2D eigenvalue weighted by molar-refractivity contribution is -0.146. The van der Waals surface area contributed by atoms with E-state index in [2.05, 4.69) is 22.6 Å². The van der Waals surface area contributed by atoms with Crippen molar-refractivity contribution in [3.63, 3.8) is 0 Å². The van der Waals surface area contributed by atoms with Crippen molar-refractivity contribution in [3.8, 4) is 0 Å². The lowest BCUT2D eigenvalue weighted by atomic mass is 9.82. The highest BCUT2D eigenvalue weighted by molar-refractivity contribution is 14.1. The van der Waals surface area contributed by atoms with Crippen LogP contribution < -0.4 is 4.90 Å². The molecule has 5 nitrogen and oxygen atoms in total. The van der Waals surface area contributed by atoms with E-state index in [0.717, 1.165) is 14.8 Å². The number of halogens is 1. The van der Waals surface area contributed by atoms with Gasteiger partial charge in [-0.25, -0.2) is 0 Å². The topological polar surface area (TPSA) is 70.0 Å². The summed E-state index contributed by atoms with van der Waals surface area (Å²) in [5.74, 6) is -0.217. The van der Waals surface area contributed by atoms with Crippen LogP contribution in [0.1, 0.15) is 18.9 Å². The first-order chi connectivity index (χ1) is 11.1. The monoisotopic (exact) mass is 461 g/mol. The molecule has 2 heterocycles. The molecule has 24 heavy (non-hydrogen) atoms. The number of amides is 1. The van der Waals surface area contributed by atoms with Crippen LogP contribution in [0.15, 0.2) is 18.2 Å². The third kappa shape index (κ3) is 2.47. The van der Waals surface area contributed by atoms with E-state index in [9.17, 15) is 14.7 Å². The van der Waals surface area contributed by atoms with Gasteiger partial charge in [-0.05, 0) is 60.3 Å². The van der Waals surface area contributed by atoms with Crippen LogP contribution >= 0.6 is 22.6 Å². The van der Waals surface area contributed by atoms with Gasteiger partial charge in [0.05, 0.1) is 11.8 Å². The molecule has 2 aliphatic rings. The quantitative estimate of drug-likeness (QED) is 0.536. The normalized spacial score (nSPS) is 32.7. The predicted octanol–water partition coefficient (Wildman–Crippen LogP) is 2.45. The molecule has 0 unspecified atom stereocenters. The Kier molecular flexibility index (Phi) is 4.61. The summed E-state index contributed by atoms with van der Waals surface area (Å²) in [5.41, 5.74) is 0.597. The maximum absolute atomic E-state index is 13.2. The Morgan fingerprint density at radius 1 is 1.42 bits per heavy atom. The van der Waals surface area contributed by atoms with Crippen LogP contribution in [-0.4, -0.2) is 43.9 Å². The van der Waals surface area contributed by atoms with Crippen molar-refractivity contribution in [3.05, 3.63) is 27.3 Å². The number of hydrogen-bond acceptors (Lipinski definition) is 4. The molecule has 1 saturated heterocycles. The third-order valence-corrected chi connectivity index (χ3v) is 8.66. The van der Waals surface area contributed by atoms with Gasteiger partial charge in [0.15, 0.2) is 13.9 Å². The zero-order valence-electron chi connectivity index (χ0n) is 14.4. The largest absolute Gasteiger partial charge is 0.432 e. The Balaban J connectivity index is 2.17. The van der Waals surface area contributed by atoms with Crippen molar-refractivity contribution in [2.24, 2.45) is 5.92 Å². The summed E-state index contributed by atoms with van der Waals surface area (Å²) in [4.78, 5) is 25.7. The van der Waals surface area contributed by atoms with Gasteiger partial charge >= 0.3 is 0 Å². The summed E-state index contributed by atoms with van der Waals surface area (Å²) in [6.45, 7) is 5.77. The molecule has 1 spiro atoms. The Bertz CT molecular complexity index is 677. The van der Waals surface area contributed by atoms with Crippen molar-refractivity contribution >= 4 is 42.5 Å². The molecule has 1 aromatic carbocycles. The van der Waals surface area contributed by atoms with Crippen molar-refractivity contribution in [2.75, 3.05) is 18.6 Å². The minimum Gasteiger partial charge on any atom is -0.432 e. The summed E-state index contributed by atoms with van der Waals surface area (Å²) < 4.78 is 7.43. The standard InChI is InChI=1S/C17H24INO4Si/c1-10-15(24(3,4)22)14(7-8-20)23-17(10)12-9-11(18)5-6-13(12)19(2)16(17)21/h5-6,9-10,14-15,20,22H,7-8H2,1-4H3/t10-,14+,15-,17+/m0/s1. The Hall–Kier alpha value is -0.483. The van der Waals surface area contributed by atoms with Crippen molar-refractivity contribution < 1.29 is 19.4 Å². The second-order valence-electron chi connectivity index (χ2n) is 7.40. The fourth-order valence-electron chi connectivity index (χ4n) is 4.55. The van der Waals surface area contributed by atoms with Crippen molar-refractivity contribution in [1.82, 2.24) is 0 Å². The van der Waals surface area contributed by atoms with Crippen molar-refractivity contribution in [1.29, 1.82) is 0 Å². The second-order valence-corrected chi connectivity index (χ2v) is 12.6. The zero-order valence-corrected chi connectivity index (χ0v) is 17.6. The fourth-order valence-corrected chi connectivity index (χ4v) is 7.65. The first-order valence-corrected chi connectivity index (χ1v) is 12.3. The SMILES string of the molecule is C[C@H]1[C@H]([Si](C)(C)O)[C@@H](CCO)O[C@]12C(=O)N(C)c1ccc(I)cc12. The van der Waals surface area contributed by atoms with E-state index in [1.807, 2.05) is 38.2 Å². The van der Waals surface area contributed by atoms with Crippen LogP contribution in [0.25, 0.3) is 0 Å². The van der Waals surface area contributed by atoms with Gasteiger partial charge in [-0.1, -0.05) is 6.92 Å². The highest BCUT2D eigenvalue weighted by Crippen LogP contribution is 2.59. The van der Waals surface area contributed by atoms with E-state index >= 15 is 0 Å². The molecular weight excluding hydrogens is 437 g/mol. The average molecular weight is 461 g/mol. The highest BCUT2D eigenvalue weighted by Gasteiger charge is 2.65. The highest BCUT2D eigenvalue weighted by atomic mass is 127.